The maximum atomic E-state index is 11.7. The molecule has 0 saturated heterocycles. The molecule has 0 aromatic carbocycles. The number of aliphatic hydroxyl groups is 1. The van der Waals surface area contributed by atoms with Crippen molar-refractivity contribution in [2.24, 2.45) is 0 Å². The number of nitrogens with one attached hydrogen (secondary N) is 2. The zero-order valence-electron chi connectivity index (χ0n) is 11.6. The minimum Gasteiger partial charge on any atom is -0.393 e. The molecular formula is C14H23N3O2. The lowest BCUT2D eigenvalue weighted by atomic mass is 10.1. The van der Waals surface area contributed by atoms with Crippen LogP contribution in [0.2, 0.25) is 0 Å². The van der Waals surface area contributed by atoms with Crippen molar-refractivity contribution in [3.8, 4) is 0 Å². The molecular weight excluding hydrogens is 242 g/mol. The van der Waals surface area contributed by atoms with Crippen LogP contribution in [0.4, 0.5) is 4.79 Å². The third-order valence-corrected chi connectivity index (χ3v) is 3.06. The van der Waals surface area contributed by atoms with Gasteiger partial charge in [-0.25, -0.2) is 4.79 Å². The summed E-state index contributed by atoms with van der Waals surface area (Å²) in [6, 6.07) is 3.58. The zero-order valence-corrected chi connectivity index (χ0v) is 11.6. The van der Waals surface area contributed by atoms with Gasteiger partial charge in [-0.2, -0.15) is 0 Å². The number of pyridine rings is 1. The van der Waals surface area contributed by atoms with E-state index in [0.29, 0.717) is 19.4 Å². The molecule has 0 aliphatic heterocycles. The number of aliphatic hydroxyl groups excluding tert-OH is 1. The Kier molecular flexibility index (Phi) is 6.89. The van der Waals surface area contributed by atoms with Gasteiger partial charge < -0.3 is 15.7 Å². The van der Waals surface area contributed by atoms with E-state index in [-0.39, 0.29) is 18.2 Å². The molecule has 0 aliphatic carbocycles. The van der Waals surface area contributed by atoms with E-state index in [9.17, 15) is 9.90 Å². The molecule has 3 N–H and O–H groups in total. The molecule has 19 heavy (non-hydrogen) atoms. The molecule has 0 spiro atoms. The molecule has 2 atom stereocenters. The Morgan fingerprint density at radius 3 is 2.58 bits per heavy atom. The van der Waals surface area contributed by atoms with Crippen molar-refractivity contribution < 1.29 is 9.90 Å². The molecule has 0 fully saturated rings. The van der Waals surface area contributed by atoms with Crippen molar-refractivity contribution in [2.45, 2.75) is 45.3 Å². The van der Waals surface area contributed by atoms with Crippen LogP contribution in [0.5, 0.6) is 0 Å². The van der Waals surface area contributed by atoms with E-state index in [1.54, 1.807) is 12.4 Å². The van der Waals surface area contributed by atoms with E-state index in [1.165, 1.54) is 0 Å². The summed E-state index contributed by atoms with van der Waals surface area (Å²) in [6.45, 7) is 4.42. The van der Waals surface area contributed by atoms with Crippen LogP contribution in [-0.2, 0) is 0 Å². The van der Waals surface area contributed by atoms with Gasteiger partial charge in [-0.15, -0.1) is 0 Å². The first-order valence-electron chi connectivity index (χ1n) is 6.79. The number of aromatic nitrogens is 1. The summed E-state index contributed by atoms with van der Waals surface area (Å²) >= 11 is 0. The smallest absolute Gasteiger partial charge is 0.315 e. The lowest BCUT2D eigenvalue weighted by molar-refractivity contribution is 0.160. The van der Waals surface area contributed by atoms with Gasteiger partial charge in [0.05, 0.1) is 12.1 Å². The molecule has 0 bridgehead atoms. The third kappa shape index (κ3) is 5.70. The van der Waals surface area contributed by atoms with Crippen molar-refractivity contribution in [3.63, 3.8) is 0 Å². The van der Waals surface area contributed by atoms with Gasteiger partial charge in [0.15, 0.2) is 0 Å². The molecule has 5 heteroatoms. The third-order valence-electron chi connectivity index (χ3n) is 3.06. The van der Waals surface area contributed by atoms with Crippen molar-refractivity contribution in [1.29, 1.82) is 0 Å². The summed E-state index contributed by atoms with van der Waals surface area (Å²) < 4.78 is 0. The van der Waals surface area contributed by atoms with Crippen LogP contribution in [0.15, 0.2) is 24.5 Å². The number of carbonyl (C=O) groups is 1. The average molecular weight is 265 g/mol. The topological polar surface area (TPSA) is 74.2 Å². The number of amides is 2. The summed E-state index contributed by atoms with van der Waals surface area (Å²) in [5.41, 5.74) is 1.04. The van der Waals surface area contributed by atoms with Crippen LogP contribution in [0, 0.1) is 0 Å². The number of hydrogen-bond donors (Lipinski definition) is 3. The van der Waals surface area contributed by atoms with Crippen molar-refractivity contribution in [2.75, 3.05) is 6.54 Å². The van der Waals surface area contributed by atoms with Gasteiger partial charge >= 0.3 is 6.03 Å². The van der Waals surface area contributed by atoms with E-state index >= 15 is 0 Å². The molecule has 1 aromatic rings. The molecule has 5 nitrogen and oxygen atoms in total. The number of nitrogens with zero attached hydrogens (tertiary/aromatic N) is 1. The van der Waals surface area contributed by atoms with Crippen LogP contribution >= 0.6 is 0 Å². The van der Waals surface area contributed by atoms with Gasteiger partial charge in [0.1, 0.15) is 0 Å². The minimum absolute atomic E-state index is 0.0147. The number of hydrogen-bond acceptors (Lipinski definition) is 3. The highest BCUT2D eigenvalue weighted by atomic mass is 16.3. The Hall–Kier alpha value is -1.62. The summed E-state index contributed by atoms with van der Waals surface area (Å²) in [5.74, 6) is 0. The molecule has 1 aromatic heterocycles. The van der Waals surface area contributed by atoms with Gasteiger partial charge in [0.25, 0.3) is 0 Å². The Balaban J connectivity index is 2.37. The van der Waals surface area contributed by atoms with Crippen molar-refractivity contribution >= 4 is 6.03 Å². The first-order valence-corrected chi connectivity index (χ1v) is 6.79. The predicted octanol–water partition coefficient (Wildman–Crippen LogP) is 1.99. The second-order valence-corrected chi connectivity index (χ2v) is 4.49. The summed E-state index contributed by atoms with van der Waals surface area (Å²) in [6.07, 6.45) is 5.19. The predicted molar refractivity (Wildman–Crippen MR) is 74.7 cm³/mol. The molecule has 2 amide bonds. The van der Waals surface area contributed by atoms with Crippen LogP contribution in [0.25, 0.3) is 0 Å². The number of rotatable bonds is 7. The molecule has 0 saturated carbocycles. The van der Waals surface area contributed by atoms with Gasteiger partial charge in [-0.3, -0.25) is 4.98 Å². The quantitative estimate of drug-likeness (QED) is 0.706. The monoisotopic (exact) mass is 265 g/mol. The maximum Gasteiger partial charge on any atom is 0.315 e. The molecule has 1 rings (SSSR count). The highest BCUT2D eigenvalue weighted by molar-refractivity contribution is 5.74. The van der Waals surface area contributed by atoms with Crippen LogP contribution in [-0.4, -0.2) is 28.8 Å². The number of urea groups is 1. The Morgan fingerprint density at radius 1 is 1.32 bits per heavy atom. The fraction of sp³-hybridized carbons (Fsp3) is 0.571. The van der Waals surface area contributed by atoms with Gasteiger partial charge in [-0.1, -0.05) is 13.8 Å². The van der Waals surface area contributed by atoms with Crippen LogP contribution in [0.3, 0.4) is 0 Å². The normalized spacial score (nSPS) is 13.6. The van der Waals surface area contributed by atoms with Crippen molar-refractivity contribution in [1.82, 2.24) is 15.6 Å². The second-order valence-electron chi connectivity index (χ2n) is 4.49. The van der Waals surface area contributed by atoms with E-state index in [4.69, 9.17) is 0 Å². The van der Waals surface area contributed by atoms with E-state index in [0.717, 1.165) is 12.0 Å². The molecule has 1 heterocycles. The minimum atomic E-state index is -0.345. The first-order chi connectivity index (χ1) is 9.17. The van der Waals surface area contributed by atoms with Gasteiger partial charge in [0, 0.05) is 18.9 Å². The van der Waals surface area contributed by atoms with Gasteiger partial charge in [-0.05, 0) is 37.0 Å². The SMILES string of the molecule is CCC(O)CCNC(=O)NC(CC)c1ccncc1. The highest BCUT2D eigenvalue weighted by Crippen LogP contribution is 2.14. The standard InChI is InChI=1S/C14H23N3O2/c1-3-12(18)7-10-16-14(19)17-13(4-2)11-5-8-15-9-6-11/h5-6,8-9,12-13,18H,3-4,7,10H2,1-2H3,(H2,16,17,19). The lowest BCUT2D eigenvalue weighted by Gasteiger charge is -2.18. The molecule has 106 valence electrons. The number of carbonyl (C=O) groups excluding carboxylic acids is 1. The van der Waals surface area contributed by atoms with Crippen LogP contribution < -0.4 is 10.6 Å². The maximum absolute atomic E-state index is 11.7. The Morgan fingerprint density at radius 2 is 2.00 bits per heavy atom. The summed E-state index contributed by atoms with van der Waals surface area (Å²) in [5, 5.41) is 15.1. The fourth-order valence-electron chi connectivity index (χ4n) is 1.78. The van der Waals surface area contributed by atoms with E-state index < -0.39 is 0 Å². The van der Waals surface area contributed by atoms with E-state index in [1.807, 2.05) is 26.0 Å². The highest BCUT2D eigenvalue weighted by Gasteiger charge is 2.12. The molecule has 0 radical (unpaired) electrons. The first kappa shape index (κ1) is 15.4. The van der Waals surface area contributed by atoms with E-state index in [2.05, 4.69) is 15.6 Å². The average Bonchev–Trinajstić information content (AvgIpc) is 2.45. The van der Waals surface area contributed by atoms with Crippen molar-refractivity contribution in [3.05, 3.63) is 30.1 Å². The van der Waals surface area contributed by atoms with Crippen LogP contribution in [0.1, 0.15) is 44.7 Å². The largest absolute Gasteiger partial charge is 0.393 e. The lowest BCUT2D eigenvalue weighted by Crippen LogP contribution is -2.39. The fourth-order valence-corrected chi connectivity index (χ4v) is 1.78. The Labute approximate surface area is 114 Å². The van der Waals surface area contributed by atoms with Gasteiger partial charge in [0.2, 0.25) is 0 Å². The Bertz CT molecular complexity index is 370. The summed E-state index contributed by atoms with van der Waals surface area (Å²) in [4.78, 5) is 15.7. The molecule has 2 unspecified atom stereocenters. The molecule has 0 aliphatic rings. The zero-order chi connectivity index (χ0) is 14.1. The second kappa shape index (κ2) is 8.48. The summed E-state index contributed by atoms with van der Waals surface area (Å²) in [7, 11) is 0.